The van der Waals surface area contributed by atoms with Crippen LogP contribution in [-0.4, -0.2) is 47.4 Å². The van der Waals surface area contributed by atoms with Crippen LogP contribution in [0.4, 0.5) is 0 Å². The normalized spacial score (nSPS) is 11.6. The molecule has 1 N–H and O–H groups in total. The zero-order chi connectivity index (χ0) is 20.5. The molecule has 1 unspecified atom stereocenters. The quantitative estimate of drug-likeness (QED) is 0.588. The highest BCUT2D eigenvalue weighted by atomic mass is 16.7. The molecule has 0 saturated carbocycles. The molecule has 0 spiro atoms. The molecule has 7 nitrogen and oxygen atoms in total. The molecule has 0 heterocycles. The molecule has 7 heteroatoms. The number of aliphatic hydroxyl groups is 1. The summed E-state index contributed by atoms with van der Waals surface area (Å²) < 4.78 is 32.0. The van der Waals surface area contributed by atoms with Crippen LogP contribution in [-0.2, 0) is 11.2 Å². The number of ether oxygens (including phenoxy) is 6. The van der Waals surface area contributed by atoms with Crippen LogP contribution in [0.25, 0.3) is 0 Å². The first kappa shape index (κ1) is 21.7. The number of benzene rings is 2. The van der Waals surface area contributed by atoms with Gasteiger partial charge in [0.15, 0.2) is 18.3 Å². The minimum Gasteiger partial charge on any atom is -0.496 e. The third-order valence-corrected chi connectivity index (χ3v) is 4.39. The Kier molecular flexibility index (Phi) is 8.22. The highest BCUT2D eigenvalue weighted by Gasteiger charge is 2.17. The Morgan fingerprint density at radius 3 is 2.07 bits per heavy atom. The molecule has 0 amide bonds. The van der Waals surface area contributed by atoms with Crippen molar-refractivity contribution in [2.45, 2.75) is 18.9 Å². The maximum atomic E-state index is 10.7. The lowest BCUT2D eigenvalue weighted by atomic mass is 9.99. The van der Waals surface area contributed by atoms with Gasteiger partial charge in [-0.1, -0.05) is 6.07 Å². The van der Waals surface area contributed by atoms with E-state index in [4.69, 9.17) is 28.4 Å². The summed E-state index contributed by atoms with van der Waals surface area (Å²) in [4.78, 5) is 0. The van der Waals surface area contributed by atoms with Gasteiger partial charge in [0.05, 0.1) is 34.5 Å². The molecule has 154 valence electrons. The summed E-state index contributed by atoms with van der Waals surface area (Å²) in [7, 11) is 7.86. The molecule has 2 aromatic rings. The van der Waals surface area contributed by atoms with Crippen LogP contribution in [0.1, 0.15) is 23.7 Å². The summed E-state index contributed by atoms with van der Waals surface area (Å²) in [5.41, 5.74) is 1.57. The third kappa shape index (κ3) is 5.21. The van der Waals surface area contributed by atoms with Gasteiger partial charge in [-0.05, 0) is 30.5 Å². The first-order valence-electron chi connectivity index (χ1n) is 8.84. The molecular formula is C21H28O7. The van der Waals surface area contributed by atoms with Crippen molar-refractivity contribution in [3.8, 4) is 28.7 Å². The van der Waals surface area contributed by atoms with Crippen LogP contribution >= 0.6 is 0 Å². The van der Waals surface area contributed by atoms with Gasteiger partial charge in [0.1, 0.15) is 17.2 Å². The van der Waals surface area contributed by atoms with E-state index in [9.17, 15) is 5.11 Å². The fourth-order valence-corrected chi connectivity index (χ4v) is 2.90. The van der Waals surface area contributed by atoms with E-state index in [1.807, 2.05) is 6.07 Å². The maximum Gasteiger partial charge on any atom is 0.188 e. The van der Waals surface area contributed by atoms with Crippen LogP contribution in [0, 0.1) is 0 Å². The minimum atomic E-state index is -0.693. The molecule has 0 aromatic heterocycles. The fraction of sp³-hybridized carbons (Fsp3) is 0.429. The lowest BCUT2D eigenvalue weighted by Crippen LogP contribution is -2.06. The van der Waals surface area contributed by atoms with E-state index >= 15 is 0 Å². The molecular weight excluding hydrogens is 364 g/mol. The van der Waals surface area contributed by atoms with Gasteiger partial charge < -0.3 is 33.5 Å². The standard InChI is InChI=1S/C21H28O7/c1-23-13-28-20-12-15(24-2)11-19(26-4)16(20)7-8-17(22)14-6-9-18(25-3)21(10-14)27-5/h6,9-12,17,22H,7-8,13H2,1-5H3. The molecule has 2 rings (SSSR count). The summed E-state index contributed by atoms with van der Waals surface area (Å²) >= 11 is 0. The van der Waals surface area contributed by atoms with Crippen LogP contribution in [0.2, 0.25) is 0 Å². The predicted molar refractivity (Wildman–Crippen MR) is 105 cm³/mol. The monoisotopic (exact) mass is 392 g/mol. The highest BCUT2D eigenvalue weighted by molar-refractivity contribution is 5.51. The van der Waals surface area contributed by atoms with Gasteiger partial charge in [0, 0.05) is 24.8 Å². The van der Waals surface area contributed by atoms with Crippen molar-refractivity contribution >= 4 is 0 Å². The van der Waals surface area contributed by atoms with E-state index in [1.54, 1.807) is 59.8 Å². The van der Waals surface area contributed by atoms with Gasteiger partial charge in [-0.25, -0.2) is 0 Å². The van der Waals surface area contributed by atoms with Gasteiger partial charge in [0.25, 0.3) is 0 Å². The van der Waals surface area contributed by atoms with Crippen molar-refractivity contribution in [1.82, 2.24) is 0 Å². The van der Waals surface area contributed by atoms with Crippen LogP contribution in [0.15, 0.2) is 30.3 Å². The number of aliphatic hydroxyl groups excluding tert-OH is 1. The minimum absolute atomic E-state index is 0.0988. The molecule has 0 aliphatic rings. The average molecular weight is 392 g/mol. The molecule has 28 heavy (non-hydrogen) atoms. The van der Waals surface area contributed by atoms with Crippen LogP contribution in [0.3, 0.4) is 0 Å². The van der Waals surface area contributed by atoms with Crippen molar-refractivity contribution in [1.29, 1.82) is 0 Å². The fourth-order valence-electron chi connectivity index (χ4n) is 2.90. The Labute approximate surface area is 165 Å². The number of methoxy groups -OCH3 is 5. The Hall–Kier alpha value is -2.64. The topological polar surface area (TPSA) is 75.6 Å². The Balaban J connectivity index is 2.22. The molecule has 0 saturated heterocycles. The van der Waals surface area contributed by atoms with Gasteiger partial charge >= 0.3 is 0 Å². The van der Waals surface area contributed by atoms with E-state index in [0.29, 0.717) is 41.6 Å². The maximum absolute atomic E-state index is 10.7. The Morgan fingerprint density at radius 2 is 1.46 bits per heavy atom. The summed E-state index contributed by atoms with van der Waals surface area (Å²) in [6.45, 7) is 0.0988. The van der Waals surface area contributed by atoms with Crippen LogP contribution in [0.5, 0.6) is 28.7 Å². The second-order valence-corrected chi connectivity index (χ2v) is 6.03. The summed E-state index contributed by atoms with van der Waals surface area (Å²) in [6.07, 6.45) is 0.297. The number of hydrogen-bond acceptors (Lipinski definition) is 7. The zero-order valence-electron chi connectivity index (χ0n) is 17.0. The Morgan fingerprint density at radius 1 is 0.786 bits per heavy atom. The smallest absolute Gasteiger partial charge is 0.188 e. The molecule has 0 aliphatic heterocycles. The van der Waals surface area contributed by atoms with Gasteiger partial charge in [-0.2, -0.15) is 0 Å². The summed E-state index contributed by atoms with van der Waals surface area (Å²) in [6, 6.07) is 8.94. The van der Waals surface area contributed by atoms with Gasteiger partial charge in [-0.3, -0.25) is 0 Å². The highest BCUT2D eigenvalue weighted by Crippen LogP contribution is 2.37. The van der Waals surface area contributed by atoms with Crippen molar-refractivity contribution in [2.75, 3.05) is 42.3 Å². The van der Waals surface area contributed by atoms with E-state index in [0.717, 1.165) is 11.1 Å². The third-order valence-electron chi connectivity index (χ3n) is 4.39. The molecule has 2 aromatic carbocycles. The van der Waals surface area contributed by atoms with Gasteiger partial charge in [-0.15, -0.1) is 0 Å². The first-order chi connectivity index (χ1) is 13.6. The number of hydrogen-bond donors (Lipinski definition) is 1. The van der Waals surface area contributed by atoms with E-state index in [2.05, 4.69) is 0 Å². The second-order valence-electron chi connectivity index (χ2n) is 6.03. The van der Waals surface area contributed by atoms with E-state index in [-0.39, 0.29) is 6.79 Å². The lowest BCUT2D eigenvalue weighted by Gasteiger charge is -2.18. The second kappa shape index (κ2) is 10.6. The average Bonchev–Trinajstić information content (AvgIpc) is 2.74. The molecule has 0 aliphatic carbocycles. The summed E-state index contributed by atoms with van der Waals surface area (Å²) in [5, 5.41) is 10.7. The largest absolute Gasteiger partial charge is 0.496 e. The van der Waals surface area contributed by atoms with Crippen molar-refractivity contribution in [2.24, 2.45) is 0 Å². The van der Waals surface area contributed by atoms with Crippen molar-refractivity contribution < 1.29 is 33.5 Å². The molecule has 0 fully saturated rings. The predicted octanol–water partition coefficient (Wildman–Crippen LogP) is 3.37. The first-order valence-corrected chi connectivity index (χ1v) is 8.84. The Bertz CT molecular complexity index is 761. The van der Waals surface area contributed by atoms with Crippen LogP contribution < -0.4 is 23.7 Å². The van der Waals surface area contributed by atoms with Crippen molar-refractivity contribution in [3.63, 3.8) is 0 Å². The number of rotatable bonds is 11. The lowest BCUT2D eigenvalue weighted by molar-refractivity contribution is 0.0499. The molecule has 0 radical (unpaired) electrons. The zero-order valence-corrected chi connectivity index (χ0v) is 17.0. The SMILES string of the molecule is COCOc1cc(OC)cc(OC)c1CCC(O)c1ccc(OC)c(OC)c1. The molecule has 0 bridgehead atoms. The van der Waals surface area contributed by atoms with E-state index < -0.39 is 6.10 Å². The van der Waals surface area contributed by atoms with E-state index in [1.165, 1.54) is 0 Å². The van der Waals surface area contributed by atoms with Crippen molar-refractivity contribution in [3.05, 3.63) is 41.5 Å². The molecule has 1 atom stereocenters. The van der Waals surface area contributed by atoms with Gasteiger partial charge in [0.2, 0.25) is 0 Å². The summed E-state index contributed by atoms with van der Waals surface area (Å²) in [5.74, 6) is 3.03.